The number of amides is 1. The van der Waals surface area contributed by atoms with E-state index in [0.29, 0.717) is 18.0 Å². The minimum absolute atomic E-state index is 0.00842. The Kier molecular flexibility index (Phi) is 5.63. The number of benzene rings is 1. The summed E-state index contributed by atoms with van der Waals surface area (Å²) in [6.45, 7) is 4.67. The van der Waals surface area contributed by atoms with Crippen LogP contribution in [0.1, 0.15) is 37.0 Å². The predicted octanol–water partition coefficient (Wildman–Crippen LogP) is 2.57. The SMILES string of the molecule is CC(C)(CCCO)CNC(=O)c1cc(O)ccc1Cl. The van der Waals surface area contributed by atoms with E-state index in [0.717, 1.165) is 6.42 Å². The summed E-state index contributed by atoms with van der Waals surface area (Å²) < 4.78 is 0. The molecule has 0 aliphatic carbocycles. The van der Waals surface area contributed by atoms with Crippen LogP contribution in [0, 0.1) is 5.41 Å². The lowest BCUT2D eigenvalue weighted by atomic mass is 9.88. The van der Waals surface area contributed by atoms with Crippen molar-refractivity contribution in [2.24, 2.45) is 5.41 Å². The molecule has 0 saturated heterocycles. The van der Waals surface area contributed by atoms with Gasteiger partial charge in [0, 0.05) is 13.2 Å². The number of nitrogens with one attached hydrogen (secondary N) is 1. The molecule has 1 amide bonds. The van der Waals surface area contributed by atoms with Crippen molar-refractivity contribution >= 4 is 17.5 Å². The summed E-state index contributed by atoms with van der Waals surface area (Å²) in [5.74, 6) is -0.299. The molecule has 0 heterocycles. The molecule has 0 bridgehead atoms. The van der Waals surface area contributed by atoms with Crippen LogP contribution in [-0.4, -0.2) is 29.3 Å². The molecule has 0 radical (unpaired) electrons. The van der Waals surface area contributed by atoms with Crippen LogP contribution >= 0.6 is 11.6 Å². The highest BCUT2D eigenvalue weighted by atomic mass is 35.5. The van der Waals surface area contributed by atoms with Crippen molar-refractivity contribution in [3.63, 3.8) is 0 Å². The first kappa shape index (κ1) is 15.8. The fourth-order valence-corrected chi connectivity index (χ4v) is 1.95. The lowest BCUT2D eigenvalue weighted by molar-refractivity contribution is 0.0932. The summed E-state index contributed by atoms with van der Waals surface area (Å²) >= 11 is 5.92. The summed E-state index contributed by atoms with van der Waals surface area (Å²) in [6, 6.07) is 4.27. The third-order valence-electron chi connectivity index (χ3n) is 2.93. The van der Waals surface area contributed by atoms with Gasteiger partial charge in [0.25, 0.3) is 5.91 Å². The number of rotatable bonds is 6. The van der Waals surface area contributed by atoms with Crippen molar-refractivity contribution in [3.8, 4) is 5.75 Å². The highest BCUT2D eigenvalue weighted by Crippen LogP contribution is 2.23. The molecule has 3 N–H and O–H groups in total. The van der Waals surface area contributed by atoms with Crippen molar-refractivity contribution in [3.05, 3.63) is 28.8 Å². The van der Waals surface area contributed by atoms with Crippen molar-refractivity contribution < 1.29 is 15.0 Å². The molecule has 0 fully saturated rings. The average Bonchev–Trinajstić information content (AvgIpc) is 2.36. The van der Waals surface area contributed by atoms with Crippen LogP contribution in [0.25, 0.3) is 0 Å². The maximum atomic E-state index is 12.0. The summed E-state index contributed by atoms with van der Waals surface area (Å²) in [7, 11) is 0. The van der Waals surface area contributed by atoms with Gasteiger partial charge in [0.05, 0.1) is 10.6 Å². The predicted molar refractivity (Wildman–Crippen MR) is 75.6 cm³/mol. The summed E-state index contributed by atoms with van der Waals surface area (Å²) in [4.78, 5) is 12.0. The number of aliphatic hydroxyl groups is 1. The Balaban J connectivity index is 2.62. The van der Waals surface area contributed by atoms with E-state index in [4.69, 9.17) is 16.7 Å². The van der Waals surface area contributed by atoms with E-state index in [-0.39, 0.29) is 29.2 Å². The van der Waals surface area contributed by atoms with Gasteiger partial charge in [-0.25, -0.2) is 0 Å². The van der Waals surface area contributed by atoms with E-state index in [1.54, 1.807) is 0 Å². The zero-order valence-electron chi connectivity index (χ0n) is 11.2. The molecule has 0 unspecified atom stereocenters. The normalized spacial score (nSPS) is 11.4. The van der Waals surface area contributed by atoms with Crippen molar-refractivity contribution in [1.29, 1.82) is 0 Å². The third-order valence-corrected chi connectivity index (χ3v) is 3.26. The van der Waals surface area contributed by atoms with Gasteiger partial charge in [-0.1, -0.05) is 25.4 Å². The number of hydrogen-bond donors (Lipinski definition) is 3. The molecule has 0 aliphatic rings. The number of phenols is 1. The molecule has 5 heteroatoms. The van der Waals surface area contributed by atoms with Gasteiger partial charge in [0.2, 0.25) is 0 Å². The average molecular weight is 286 g/mol. The zero-order chi connectivity index (χ0) is 14.5. The molecule has 1 aromatic carbocycles. The van der Waals surface area contributed by atoms with Gasteiger partial charge < -0.3 is 15.5 Å². The number of carbonyl (C=O) groups is 1. The van der Waals surface area contributed by atoms with Gasteiger partial charge in [-0.2, -0.15) is 0 Å². The van der Waals surface area contributed by atoms with Crippen molar-refractivity contribution in [2.75, 3.05) is 13.2 Å². The first-order valence-electron chi connectivity index (χ1n) is 6.23. The summed E-state index contributed by atoms with van der Waals surface area (Å²) in [5.41, 5.74) is 0.168. The second kappa shape index (κ2) is 6.78. The fourth-order valence-electron chi connectivity index (χ4n) is 1.75. The maximum Gasteiger partial charge on any atom is 0.252 e. The Labute approximate surface area is 118 Å². The lowest BCUT2D eigenvalue weighted by Gasteiger charge is -2.24. The van der Waals surface area contributed by atoms with Gasteiger partial charge in [-0.15, -0.1) is 0 Å². The Morgan fingerprint density at radius 2 is 2.11 bits per heavy atom. The van der Waals surface area contributed by atoms with Gasteiger partial charge in [0.15, 0.2) is 0 Å². The van der Waals surface area contributed by atoms with E-state index < -0.39 is 0 Å². The van der Waals surface area contributed by atoms with Crippen LogP contribution in [0.3, 0.4) is 0 Å². The molecule has 0 saturated carbocycles. The van der Waals surface area contributed by atoms with E-state index in [9.17, 15) is 9.90 Å². The fraction of sp³-hybridized carbons (Fsp3) is 0.500. The Hall–Kier alpha value is -1.26. The van der Waals surface area contributed by atoms with Gasteiger partial charge in [-0.05, 0) is 36.5 Å². The summed E-state index contributed by atoms with van der Waals surface area (Å²) in [5, 5.41) is 21.3. The minimum atomic E-state index is -0.307. The van der Waals surface area contributed by atoms with Crippen LogP contribution in [0.2, 0.25) is 5.02 Å². The van der Waals surface area contributed by atoms with Gasteiger partial charge in [0.1, 0.15) is 5.75 Å². The smallest absolute Gasteiger partial charge is 0.252 e. The second-order valence-electron chi connectivity index (χ2n) is 5.34. The number of hydrogen-bond acceptors (Lipinski definition) is 3. The molecule has 106 valence electrons. The van der Waals surface area contributed by atoms with Crippen LogP contribution in [0.15, 0.2) is 18.2 Å². The van der Waals surface area contributed by atoms with Crippen LogP contribution in [-0.2, 0) is 0 Å². The van der Waals surface area contributed by atoms with Gasteiger partial charge >= 0.3 is 0 Å². The molecular weight excluding hydrogens is 266 g/mol. The first-order valence-corrected chi connectivity index (χ1v) is 6.61. The number of halogens is 1. The van der Waals surface area contributed by atoms with Crippen LogP contribution in [0.4, 0.5) is 0 Å². The lowest BCUT2D eigenvalue weighted by Crippen LogP contribution is -2.34. The van der Waals surface area contributed by atoms with E-state index in [1.807, 2.05) is 13.8 Å². The molecular formula is C14H20ClNO3. The van der Waals surface area contributed by atoms with E-state index >= 15 is 0 Å². The summed E-state index contributed by atoms with van der Waals surface area (Å²) in [6.07, 6.45) is 1.52. The highest BCUT2D eigenvalue weighted by molar-refractivity contribution is 6.33. The van der Waals surface area contributed by atoms with Crippen LogP contribution < -0.4 is 5.32 Å². The highest BCUT2D eigenvalue weighted by Gasteiger charge is 2.19. The Morgan fingerprint density at radius 1 is 1.42 bits per heavy atom. The van der Waals surface area contributed by atoms with Gasteiger partial charge in [-0.3, -0.25) is 4.79 Å². The number of aliphatic hydroxyl groups excluding tert-OH is 1. The quantitative estimate of drug-likeness (QED) is 0.752. The largest absolute Gasteiger partial charge is 0.508 e. The topological polar surface area (TPSA) is 69.6 Å². The molecule has 1 aromatic rings. The standard InChI is InChI=1S/C14H20ClNO3/c1-14(2,6-3-7-17)9-16-13(19)11-8-10(18)4-5-12(11)15/h4-5,8,17-18H,3,6-7,9H2,1-2H3,(H,16,19). The van der Waals surface area contributed by atoms with Crippen molar-refractivity contribution in [2.45, 2.75) is 26.7 Å². The third kappa shape index (κ3) is 5.09. The van der Waals surface area contributed by atoms with Crippen molar-refractivity contribution in [1.82, 2.24) is 5.32 Å². The molecule has 0 spiro atoms. The molecule has 4 nitrogen and oxygen atoms in total. The number of carbonyl (C=O) groups excluding carboxylic acids is 1. The molecule has 0 aromatic heterocycles. The monoisotopic (exact) mass is 285 g/mol. The second-order valence-corrected chi connectivity index (χ2v) is 5.75. The van der Waals surface area contributed by atoms with E-state index in [2.05, 4.69) is 5.32 Å². The maximum absolute atomic E-state index is 12.0. The molecule has 0 aliphatic heterocycles. The number of phenolic OH excluding ortho intramolecular Hbond substituents is 1. The minimum Gasteiger partial charge on any atom is -0.508 e. The van der Waals surface area contributed by atoms with Crippen LogP contribution in [0.5, 0.6) is 5.75 Å². The van der Waals surface area contributed by atoms with E-state index in [1.165, 1.54) is 18.2 Å². The number of aromatic hydroxyl groups is 1. The molecule has 1 rings (SSSR count). The molecule has 0 atom stereocenters. The first-order chi connectivity index (χ1) is 8.85. The Bertz CT molecular complexity index is 446. The molecule has 19 heavy (non-hydrogen) atoms. The zero-order valence-corrected chi connectivity index (χ0v) is 12.0. The Morgan fingerprint density at radius 3 is 2.74 bits per heavy atom.